The normalized spacial score (nSPS) is 11.6. The van der Waals surface area contributed by atoms with Crippen LogP contribution in [0.2, 0.25) is 0 Å². The summed E-state index contributed by atoms with van der Waals surface area (Å²) in [6, 6.07) is 5.46. The zero-order valence-corrected chi connectivity index (χ0v) is 15.6. The Morgan fingerprint density at radius 1 is 1.08 bits per heavy atom. The summed E-state index contributed by atoms with van der Waals surface area (Å²) >= 11 is 0. The Hall–Kier alpha value is -2.42. The highest BCUT2D eigenvalue weighted by molar-refractivity contribution is 5.48. The minimum Gasteiger partial charge on any atom is -0.508 e. The highest BCUT2D eigenvalue weighted by atomic mass is 16.3. The van der Waals surface area contributed by atoms with Gasteiger partial charge in [-0.15, -0.1) is 0 Å². The van der Waals surface area contributed by atoms with Gasteiger partial charge in [0.15, 0.2) is 0 Å². The van der Waals surface area contributed by atoms with Crippen LogP contribution in [0.25, 0.3) is 6.08 Å². The van der Waals surface area contributed by atoms with E-state index in [2.05, 4.69) is 32.9 Å². The third-order valence-corrected chi connectivity index (χ3v) is 4.14. The Morgan fingerprint density at radius 3 is 2.40 bits per heavy atom. The molecule has 2 rings (SSSR count). The lowest BCUT2D eigenvalue weighted by Gasteiger charge is -2.07. The molecule has 0 fully saturated rings. The molecule has 0 radical (unpaired) electrons. The molecule has 2 N–H and O–H groups in total. The SMILES string of the molecule is CC(C)=Cc1cc(CCC/C(C)=C/Cc2c(O)cc(C)cc2O)co1. The third-order valence-electron chi connectivity index (χ3n) is 4.14. The molecule has 0 aliphatic heterocycles. The van der Waals surface area contributed by atoms with Crippen molar-refractivity contribution in [2.24, 2.45) is 0 Å². The molecule has 1 aromatic heterocycles. The van der Waals surface area contributed by atoms with Gasteiger partial charge in [-0.1, -0.05) is 17.2 Å². The van der Waals surface area contributed by atoms with Crippen LogP contribution in [0.15, 0.2) is 46.1 Å². The van der Waals surface area contributed by atoms with Gasteiger partial charge in [0.05, 0.1) is 6.26 Å². The summed E-state index contributed by atoms with van der Waals surface area (Å²) in [4.78, 5) is 0. The Bertz CT molecular complexity index is 751. The van der Waals surface area contributed by atoms with Gasteiger partial charge in [0.25, 0.3) is 0 Å². The van der Waals surface area contributed by atoms with Crippen molar-refractivity contribution in [3.63, 3.8) is 0 Å². The second-order valence-electron chi connectivity index (χ2n) is 6.97. The van der Waals surface area contributed by atoms with E-state index in [1.165, 1.54) is 16.7 Å². The average Bonchev–Trinajstić information content (AvgIpc) is 2.92. The van der Waals surface area contributed by atoms with Crippen molar-refractivity contribution in [3.05, 3.63) is 64.1 Å². The molecule has 3 nitrogen and oxygen atoms in total. The summed E-state index contributed by atoms with van der Waals surface area (Å²) in [5.74, 6) is 1.23. The van der Waals surface area contributed by atoms with Gasteiger partial charge < -0.3 is 14.6 Å². The number of allylic oxidation sites excluding steroid dienone is 3. The van der Waals surface area contributed by atoms with Gasteiger partial charge in [-0.05, 0) is 88.8 Å². The second kappa shape index (κ2) is 8.61. The van der Waals surface area contributed by atoms with E-state index in [1.54, 1.807) is 12.1 Å². The maximum absolute atomic E-state index is 9.97. The molecule has 0 saturated carbocycles. The van der Waals surface area contributed by atoms with Crippen molar-refractivity contribution < 1.29 is 14.6 Å². The molecular formula is C22H28O3. The number of rotatable bonds is 7. The molecule has 0 aliphatic carbocycles. The monoisotopic (exact) mass is 340 g/mol. The molecule has 0 amide bonds. The Balaban J connectivity index is 1.86. The average molecular weight is 340 g/mol. The molecule has 0 spiro atoms. The first kappa shape index (κ1) is 18.9. The van der Waals surface area contributed by atoms with E-state index in [1.807, 2.05) is 19.3 Å². The maximum atomic E-state index is 9.97. The molecule has 0 saturated heterocycles. The summed E-state index contributed by atoms with van der Waals surface area (Å²) in [6.07, 6.45) is 9.49. The van der Waals surface area contributed by atoms with Crippen LogP contribution in [-0.4, -0.2) is 10.2 Å². The van der Waals surface area contributed by atoms with Crippen LogP contribution < -0.4 is 0 Å². The summed E-state index contributed by atoms with van der Waals surface area (Å²) in [6.45, 7) is 8.05. The molecule has 134 valence electrons. The molecule has 25 heavy (non-hydrogen) atoms. The molecule has 0 bridgehead atoms. The quantitative estimate of drug-likeness (QED) is 0.614. The van der Waals surface area contributed by atoms with E-state index in [0.29, 0.717) is 12.0 Å². The number of aryl methyl sites for hydroxylation is 2. The van der Waals surface area contributed by atoms with Gasteiger partial charge in [0, 0.05) is 5.56 Å². The van der Waals surface area contributed by atoms with Crippen LogP contribution in [0, 0.1) is 6.92 Å². The Kier molecular flexibility index (Phi) is 6.51. The number of aromatic hydroxyl groups is 2. The van der Waals surface area contributed by atoms with Crippen molar-refractivity contribution in [3.8, 4) is 11.5 Å². The largest absolute Gasteiger partial charge is 0.508 e. The molecule has 3 heteroatoms. The number of furan rings is 1. The third kappa shape index (κ3) is 5.86. The fraction of sp³-hybridized carbons (Fsp3) is 0.364. The molecular weight excluding hydrogens is 312 g/mol. The van der Waals surface area contributed by atoms with Gasteiger partial charge in [0.1, 0.15) is 17.3 Å². The van der Waals surface area contributed by atoms with Gasteiger partial charge in [-0.3, -0.25) is 0 Å². The first-order valence-electron chi connectivity index (χ1n) is 8.74. The lowest BCUT2D eigenvalue weighted by molar-refractivity contribution is 0.440. The van der Waals surface area contributed by atoms with Gasteiger partial charge >= 0.3 is 0 Å². The van der Waals surface area contributed by atoms with Crippen LogP contribution in [-0.2, 0) is 12.8 Å². The van der Waals surface area contributed by atoms with Crippen LogP contribution in [0.3, 0.4) is 0 Å². The highest BCUT2D eigenvalue weighted by Crippen LogP contribution is 2.29. The van der Waals surface area contributed by atoms with Crippen molar-refractivity contribution in [1.82, 2.24) is 0 Å². The summed E-state index contributed by atoms with van der Waals surface area (Å²) in [5.41, 5.74) is 5.14. The standard InChI is InChI=1S/C22H28O3/c1-15(2)10-19-13-18(14-25-19)7-5-6-16(3)8-9-20-21(23)11-17(4)12-22(20)24/h8,10-14,23-24H,5-7,9H2,1-4H3/b16-8+. The zero-order valence-electron chi connectivity index (χ0n) is 15.6. The van der Waals surface area contributed by atoms with Gasteiger partial charge in [0.2, 0.25) is 0 Å². The molecule has 1 aromatic carbocycles. The van der Waals surface area contributed by atoms with E-state index in [0.717, 1.165) is 30.6 Å². The topological polar surface area (TPSA) is 53.6 Å². The number of phenols is 2. The minimum atomic E-state index is 0.159. The summed E-state index contributed by atoms with van der Waals surface area (Å²) in [5, 5.41) is 19.9. The predicted octanol–water partition coefficient (Wildman–Crippen LogP) is 5.93. The molecule has 0 unspecified atom stereocenters. The maximum Gasteiger partial charge on any atom is 0.126 e. The number of benzene rings is 1. The number of phenolic OH excluding ortho intramolecular Hbond substituents is 2. The predicted molar refractivity (Wildman–Crippen MR) is 103 cm³/mol. The van der Waals surface area contributed by atoms with Crippen LogP contribution >= 0.6 is 0 Å². The lowest BCUT2D eigenvalue weighted by Crippen LogP contribution is -1.89. The van der Waals surface area contributed by atoms with Crippen LogP contribution in [0.4, 0.5) is 0 Å². The smallest absolute Gasteiger partial charge is 0.126 e. The van der Waals surface area contributed by atoms with Crippen molar-refractivity contribution in [1.29, 1.82) is 0 Å². The van der Waals surface area contributed by atoms with Crippen molar-refractivity contribution >= 4 is 6.08 Å². The second-order valence-corrected chi connectivity index (χ2v) is 6.97. The molecule has 0 aliphatic rings. The number of hydrogen-bond donors (Lipinski definition) is 2. The molecule has 0 atom stereocenters. The number of hydrogen-bond acceptors (Lipinski definition) is 3. The van der Waals surface area contributed by atoms with E-state index in [9.17, 15) is 10.2 Å². The van der Waals surface area contributed by atoms with Gasteiger partial charge in [-0.25, -0.2) is 0 Å². The van der Waals surface area contributed by atoms with E-state index in [-0.39, 0.29) is 11.5 Å². The summed E-state index contributed by atoms with van der Waals surface area (Å²) in [7, 11) is 0. The van der Waals surface area contributed by atoms with Crippen molar-refractivity contribution in [2.75, 3.05) is 0 Å². The zero-order chi connectivity index (χ0) is 18.4. The van der Waals surface area contributed by atoms with Crippen molar-refractivity contribution in [2.45, 2.75) is 53.4 Å². The van der Waals surface area contributed by atoms with Gasteiger partial charge in [-0.2, -0.15) is 0 Å². The van der Waals surface area contributed by atoms with E-state index >= 15 is 0 Å². The lowest BCUT2D eigenvalue weighted by atomic mass is 10.0. The molecule has 1 heterocycles. The summed E-state index contributed by atoms with van der Waals surface area (Å²) < 4.78 is 5.53. The van der Waals surface area contributed by atoms with Crippen LogP contribution in [0.5, 0.6) is 11.5 Å². The van der Waals surface area contributed by atoms with Crippen LogP contribution in [0.1, 0.15) is 56.1 Å². The Morgan fingerprint density at radius 2 is 1.76 bits per heavy atom. The highest BCUT2D eigenvalue weighted by Gasteiger charge is 2.07. The first-order chi connectivity index (χ1) is 11.8. The fourth-order valence-corrected chi connectivity index (χ4v) is 2.82. The first-order valence-corrected chi connectivity index (χ1v) is 8.74. The Labute approximate surface area is 150 Å². The molecule has 2 aromatic rings. The van der Waals surface area contributed by atoms with E-state index < -0.39 is 0 Å². The minimum absolute atomic E-state index is 0.159. The van der Waals surface area contributed by atoms with E-state index in [4.69, 9.17) is 4.42 Å². The fourth-order valence-electron chi connectivity index (χ4n) is 2.82.